The molecule has 1 atom stereocenters. The molecular weight excluding hydrogens is 339 g/mol. The van der Waals surface area contributed by atoms with Crippen LogP contribution in [0.2, 0.25) is 0 Å². The van der Waals surface area contributed by atoms with Gasteiger partial charge in [-0.3, -0.25) is 9.59 Å². The number of hydrogen-bond acceptors (Lipinski definition) is 4. The van der Waals surface area contributed by atoms with E-state index in [-0.39, 0.29) is 18.3 Å². The highest BCUT2D eigenvalue weighted by Gasteiger charge is 2.36. The fourth-order valence-electron chi connectivity index (χ4n) is 3.25. The van der Waals surface area contributed by atoms with Gasteiger partial charge in [-0.05, 0) is 31.2 Å². The van der Waals surface area contributed by atoms with Crippen LogP contribution in [0.25, 0.3) is 0 Å². The number of ether oxygens (including phenoxy) is 2. The topological polar surface area (TPSA) is 59.1 Å². The third-order valence-electron chi connectivity index (χ3n) is 4.69. The molecule has 2 aliphatic rings. The van der Waals surface area contributed by atoms with Gasteiger partial charge >= 0.3 is 0 Å². The molecule has 2 heterocycles. The van der Waals surface area contributed by atoms with Crippen LogP contribution in [0.1, 0.15) is 17.3 Å². The minimum atomic E-state index is -0.693. The maximum atomic E-state index is 13.9. The minimum absolute atomic E-state index is 0.0244. The molecule has 134 valence electrons. The zero-order valence-electron chi connectivity index (χ0n) is 14.1. The summed E-state index contributed by atoms with van der Waals surface area (Å²) in [6.07, 6.45) is 0. The minimum Gasteiger partial charge on any atom is -0.454 e. The highest BCUT2D eigenvalue weighted by Crippen LogP contribution is 2.36. The lowest BCUT2D eigenvalue weighted by Gasteiger charge is -2.39. The molecule has 0 aromatic heterocycles. The third kappa shape index (κ3) is 2.65. The number of carbonyl (C=O) groups is 2. The SMILES string of the molecule is CC1C(=O)N(c2ccc3c(c2)OCO3)CCN1C(=O)c1ccccc1F. The summed E-state index contributed by atoms with van der Waals surface area (Å²) in [6.45, 7) is 2.45. The summed E-state index contributed by atoms with van der Waals surface area (Å²) in [6, 6.07) is 10.4. The first kappa shape index (κ1) is 16.4. The number of fused-ring (bicyclic) bond motifs is 1. The first-order valence-corrected chi connectivity index (χ1v) is 8.33. The number of piperazine rings is 1. The predicted molar refractivity (Wildman–Crippen MR) is 91.8 cm³/mol. The highest BCUT2D eigenvalue weighted by atomic mass is 19.1. The number of nitrogens with zero attached hydrogens (tertiary/aromatic N) is 2. The van der Waals surface area contributed by atoms with Gasteiger partial charge in [-0.1, -0.05) is 12.1 Å². The van der Waals surface area contributed by atoms with E-state index < -0.39 is 17.8 Å². The first-order valence-electron chi connectivity index (χ1n) is 8.33. The van der Waals surface area contributed by atoms with Crippen molar-refractivity contribution in [3.8, 4) is 11.5 Å². The summed E-state index contributed by atoms with van der Waals surface area (Å²) >= 11 is 0. The number of halogens is 1. The molecule has 2 aliphatic heterocycles. The Bertz CT molecular complexity index is 886. The van der Waals surface area contributed by atoms with Crippen LogP contribution >= 0.6 is 0 Å². The quantitative estimate of drug-likeness (QED) is 0.829. The van der Waals surface area contributed by atoms with Gasteiger partial charge in [0.15, 0.2) is 11.5 Å². The lowest BCUT2D eigenvalue weighted by Crippen LogP contribution is -2.57. The Hall–Kier alpha value is -3.09. The second-order valence-corrected chi connectivity index (χ2v) is 6.18. The molecule has 1 fully saturated rings. The van der Waals surface area contributed by atoms with E-state index in [1.54, 1.807) is 36.1 Å². The first-order chi connectivity index (χ1) is 12.6. The number of anilines is 1. The molecule has 0 N–H and O–H groups in total. The molecule has 1 unspecified atom stereocenters. The lowest BCUT2D eigenvalue weighted by molar-refractivity contribution is -0.124. The lowest BCUT2D eigenvalue weighted by atomic mass is 10.1. The molecule has 2 aromatic rings. The van der Waals surface area contributed by atoms with Crippen molar-refractivity contribution in [1.29, 1.82) is 0 Å². The Morgan fingerprint density at radius 2 is 1.88 bits per heavy atom. The van der Waals surface area contributed by atoms with Crippen molar-refractivity contribution in [3.05, 3.63) is 53.8 Å². The highest BCUT2D eigenvalue weighted by molar-refractivity contribution is 6.03. The number of hydrogen-bond donors (Lipinski definition) is 0. The monoisotopic (exact) mass is 356 g/mol. The molecule has 0 saturated carbocycles. The second-order valence-electron chi connectivity index (χ2n) is 6.18. The van der Waals surface area contributed by atoms with Gasteiger partial charge in [-0.15, -0.1) is 0 Å². The molecule has 0 bridgehead atoms. The Labute approximate surface area is 149 Å². The maximum absolute atomic E-state index is 13.9. The van der Waals surface area contributed by atoms with Gasteiger partial charge in [0.2, 0.25) is 12.7 Å². The molecule has 2 amide bonds. The van der Waals surface area contributed by atoms with Crippen molar-refractivity contribution in [3.63, 3.8) is 0 Å². The fraction of sp³-hybridized carbons (Fsp3) is 0.263. The molecule has 0 spiro atoms. The normalized spacial score (nSPS) is 19.0. The second kappa shape index (κ2) is 6.33. The summed E-state index contributed by atoms with van der Waals surface area (Å²) in [4.78, 5) is 28.5. The number of rotatable bonds is 2. The van der Waals surface area contributed by atoms with Crippen LogP contribution in [0.3, 0.4) is 0 Å². The molecule has 7 heteroatoms. The molecule has 26 heavy (non-hydrogen) atoms. The number of benzene rings is 2. The van der Waals surface area contributed by atoms with Crippen molar-refractivity contribution in [2.75, 3.05) is 24.8 Å². The van der Waals surface area contributed by atoms with Crippen molar-refractivity contribution in [1.82, 2.24) is 4.90 Å². The molecular formula is C19H17FN2O4. The van der Waals surface area contributed by atoms with Gasteiger partial charge in [-0.25, -0.2) is 4.39 Å². The standard InChI is InChI=1S/C19H17FN2O4/c1-12-18(23)22(13-6-7-16-17(10-13)26-11-25-16)9-8-21(12)19(24)14-4-2-3-5-15(14)20/h2-7,10,12H,8-9,11H2,1H3. The van der Waals surface area contributed by atoms with Gasteiger partial charge in [0.05, 0.1) is 5.56 Å². The summed E-state index contributed by atoms with van der Waals surface area (Å²) < 4.78 is 24.6. The van der Waals surface area contributed by atoms with E-state index in [0.29, 0.717) is 30.3 Å². The van der Waals surface area contributed by atoms with E-state index >= 15 is 0 Å². The van der Waals surface area contributed by atoms with Crippen molar-refractivity contribution in [2.45, 2.75) is 13.0 Å². The van der Waals surface area contributed by atoms with Crippen LogP contribution in [-0.2, 0) is 4.79 Å². The number of carbonyl (C=O) groups excluding carboxylic acids is 2. The summed E-state index contributed by atoms with van der Waals surface area (Å²) in [7, 11) is 0. The van der Waals surface area contributed by atoms with Crippen molar-refractivity contribution < 1.29 is 23.5 Å². The van der Waals surface area contributed by atoms with E-state index in [2.05, 4.69) is 0 Å². The smallest absolute Gasteiger partial charge is 0.257 e. The largest absolute Gasteiger partial charge is 0.454 e. The van der Waals surface area contributed by atoms with Crippen LogP contribution < -0.4 is 14.4 Å². The van der Waals surface area contributed by atoms with Gasteiger partial charge in [0.25, 0.3) is 5.91 Å². The Kier molecular flexibility index (Phi) is 3.99. The zero-order chi connectivity index (χ0) is 18.3. The van der Waals surface area contributed by atoms with Crippen molar-refractivity contribution in [2.24, 2.45) is 0 Å². The van der Waals surface area contributed by atoms with Gasteiger partial charge < -0.3 is 19.3 Å². The third-order valence-corrected chi connectivity index (χ3v) is 4.69. The molecule has 2 aromatic carbocycles. The predicted octanol–water partition coefficient (Wildman–Crippen LogP) is 2.43. The fourth-order valence-corrected chi connectivity index (χ4v) is 3.25. The van der Waals surface area contributed by atoms with Crippen molar-refractivity contribution >= 4 is 17.5 Å². The van der Waals surface area contributed by atoms with E-state index in [9.17, 15) is 14.0 Å². The Morgan fingerprint density at radius 1 is 1.12 bits per heavy atom. The van der Waals surface area contributed by atoms with Crippen LogP contribution in [0.5, 0.6) is 11.5 Å². The van der Waals surface area contributed by atoms with Crippen LogP contribution in [0, 0.1) is 5.82 Å². The molecule has 6 nitrogen and oxygen atoms in total. The average molecular weight is 356 g/mol. The van der Waals surface area contributed by atoms with Gasteiger partial charge in [-0.2, -0.15) is 0 Å². The van der Waals surface area contributed by atoms with Gasteiger partial charge in [0.1, 0.15) is 11.9 Å². The maximum Gasteiger partial charge on any atom is 0.257 e. The van der Waals surface area contributed by atoms with Crippen LogP contribution in [0.15, 0.2) is 42.5 Å². The summed E-state index contributed by atoms with van der Waals surface area (Å²) in [5.74, 6) is -0.0557. The molecule has 4 rings (SSSR count). The zero-order valence-corrected chi connectivity index (χ0v) is 14.1. The molecule has 0 aliphatic carbocycles. The Balaban J connectivity index is 1.56. The van der Waals surface area contributed by atoms with E-state index in [1.165, 1.54) is 23.1 Å². The number of amides is 2. The summed E-state index contributed by atoms with van der Waals surface area (Å²) in [5.41, 5.74) is 0.660. The van der Waals surface area contributed by atoms with Crippen LogP contribution in [-0.4, -0.2) is 42.6 Å². The van der Waals surface area contributed by atoms with E-state index in [4.69, 9.17) is 9.47 Å². The van der Waals surface area contributed by atoms with E-state index in [1.807, 2.05) is 0 Å². The molecule has 1 saturated heterocycles. The van der Waals surface area contributed by atoms with Gasteiger partial charge in [0, 0.05) is 24.8 Å². The summed E-state index contributed by atoms with van der Waals surface area (Å²) in [5, 5.41) is 0. The van der Waals surface area contributed by atoms with E-state index in [0.717, 1.165) is 0 Å². The van der Waals surface area contributed by atoms with Crippen LogP contribution in [0.4, 0.5) is 10.1 Å². The molecule has 0 radical (unpaired) electrons. The average Bonchev–Trinajstić information content (AvgIpc) is 3.11. The Morgan fingerprint density at radius 3 is 2.69 bits per heavy atom.